The molecule has 0 atom stereocenters. The van der Waals surface area contributed by atoms with Gasteiger partial charge in [-0.2, -0.15) is 0 Å². The summed E-state index contributed by atoms with van der Waals surface area (Å²) in [6, 6.07) is 18.9. The van der Waals surface area contributed by atoms with Crippen LogP contribution in [0.1, 0.15) is 22.3 Å². The Morgan fingerprint density at radius 3 is 2.58 bits per heavy atom. The Kier molecular flexibility index (Phi) is 6.37. The van der Waals surface area contributed by atoms with Crippen LogP contribution in [0.5, 0.6) is 5.75 Å². The van der Waals surface area contributed by atoms with E-state index < -0.39 is 0 Å². The number of halogens is 1. The highest BCUT2D eigenvalue weighted by molar-refractivity contribution is 9.10. The maximum atomic E-state index is 11.9. The van der Waals surface area contributed by atoms with E-state index >= 15 is 0 Å². The second kappa shape index (κ2) is 9.38. The predicted octanol–water partition coefficient (Wildman–Crippen LogP) is 4.70. The number of benzene rings is 3. The fraction of sp³-hybridized carbons (Fsp3) is 0.120. The van der Waals surface area contributed by atoms with Gasteiger partial charge >= 0.3 is 5.97 Å². The number of fused-ring (bicyclic) bond motifs is 1. The molecule has 0 aliphatic carbocycles. The van der Waals surface area contributed by atoms with E-state index in [1.807, 2.05) is 42.5 Å². The van der Waals surface area contributed by atoms with Crippen molar-refractivity contribution in [1.82, 2.24) is 4.98 Å². The fourth-order valence-electron chi connectivity index (χ4n) is 3.86. The summed E-state index contributed by atoms with van der Waals surface area (Å²) in [6.07, 6.45) is 0.651. The van der Waals surface area contributed by atoms with Gasteiger partial charge in [0.05, 0.1) is 23.7 Å². The Balaban J connectivity index is 1.95. The number of methoxy groups -OCH3 is 1. The Morgan fingerprint density at radius 1 is 1.12 bits per heavy atom. The molecule has 33 heavy (non-hydrogen) atoms. The number of phenolic OH excluding ortho intramolecular Hbond substituents is 1. The van der Waals surface area contributed by atoms with Crippen LogP contribution < -0.4 is 5.73 Å². The molecule has 168 valence electrons. The van der Waals surface area contributed by atoms with Gasteiger partial charge in [-0.25, -0.2) is 0 Å². The Morgan fingerprint density at radius 2 is 1.88 bits per heavy atom. The lowest BCUT2D eigenvalue weighted by atomic mass is 9.96. The molecular weight excluding hydrogens is 486 g/mol. The third kappa shape index (κ3) is 4.56. The van der Waals surface area contributed by atoms with Crippen molar-refractivity contribution in [2.75, 3.05) is 7.11 Å². The van der Waals surface area contributed by atoms with E-state index in [1.54, 1.807) is 18.2 Å². The quantitative estimate of drug-likeness (QED) is 0.0989. The summed E-state index contributed by atoms with van der Waals surface area (Å²) in [7, 11) is 1.34. The Hall–Kier alpha value is -3.78. The average molecular weight is 508 g/mol. The first kappa shape index (κ1) is 22.4. The number of rotatable bonds is 6. The molecule has 4 rings (SSSR count). The number of carbonyl (C=O) groups excluding carboxylic acids is 1. The highest BCUT2D eigenvalue weighted by Crippen LogP contribution is 2.41. The van der Waals surface area contributed by atoms with Gasteiger partial charge in [0.15, 0.2) is 5.84 Å². The lowest BCUT2D eigenvalue weighted by molar-refractivity contribution is -0.139. The number of aromatic hydroxyl groups is 1. The van der Waals surface area contributed by atoms with Gasteiger partial charge in [0.25, 0.3) is 0 Å². The van der Waals surface area contributed by atoms with Crippen molar-refractivity contribution in [1.29, 1.82) is 0 Å². The second-order valence-electron chi connectivity index (χ2n) is 7.61. The van der Waals surface area contributed by atoms with Gasteiger partial charge in [-0.15, -0.1) is 0 Å². The Bertz CT molecular complexity index is 1360. The molecule has 0 saturated heterocycles. The first-order valence-corrected chi connectivity index (χ1v) is 11.0. The van der Waals surface area contributed by atoms with Crippen LogP contribution in [0, 0.1) is 0 Å². The number of oxime groups is 1. The summed E-state index contributed by atoms with van der Waals surface area (Å²) < 4.78 is 5.27. The number of nitrogens with two attached hydrogens (primary N) is 1. The SMILES string of the molecule is COC(=O)Cc1cc(Br)c(O)c(-c2[nH]c3ccc(/C(N)=N/O)cc3c2Cc2ccccc2)c1. The summed E-state index contributed by atoms with van der Waals surface area (Å²) in [6.45, 7) is 0. The topological polar surface area (TPSA) is 121 Å². The minimum atomic E-state index is -0.372. The molecule has 1 aromatic heterocycles. The third-order valence-electron chi connectivity index (χ3n) is 5.50. The number of H-pyrrole nitrogens is 1. The molecule has 8 heteroatoms. The number of phenols is 1. The maximum absolute atomic E-state index is 11.9. The number of hydrogen-bond donors (Lipinski definition) is 4. The van der Waals surface area contributed by atoms with E-state index in [1.165, 1.54) is 7.11 Å². The van der Waals surface area contributed by atoms with Crippen molar-refractivity contribution < 1.29 is 19.8 Å². The first-order chi connectivity index (χ1) is 15.9. The normalized spacial score (nSPS) is 11.6. The van der Waals surface area contributed by atoms with Crippen LogP contribution >= 0.6 is 15.9 Å². The largest absolute Gasteiger partial charge is 0.506 e. The highest BCUT2D eigenvalue weighted by atomic mass is 79.9. The molecule has 0 aliphatic heterocycles. The van der Waals surface area contributed by atoms with E-state index in [0.717, 1.165) is 27.7 Å². The highest BCUT2D eigenvalue weighted by Gasteiger charge is 2.20. The van der Waals surface area contributed by atoms with Crippen molar-refractivity contribution in [3.63, 3.8) is 0 Å². The van der Waals surface area contributed by atoms with Crippen molar-refractivity contribution in [3.8, 4) is 17.0 Å². The summed E-state index contributed by atoms with van der Waals surface area (Å²) in [5.41, 5.74) is 11.2. The van der Waals surface area contributed by atoms with E-state index in [9.17, 15) is 9.90 Å². The molecule has 0 bridgehead atoms. The number of nitrogens with one attached hydrogen (secondary N) is 1. The molecule has 0 unspecified atom stereocenters. The van der Waals surface area contributed by atoms with Crippen molar-refractivity contribution in [3.05, 3.63) is 87.4 Å². The van der Waals surface area contributed by atoms with E-state index in [2.05, 4.69) is 26.1 Å². The van der Waals surface area contributed by atoms with Gasteiger partial charge in [-0.05, 0) is 63.0 Å². The lowest BCUT2D eigenvalue weighted by Crippen LogP contribution is -2.12. The number of amidine groups is 1. The maximum Gasteiger partial charge on any atom is 0.309 e. The van der Waals surface area contributed by atoms with Gasteiger partial charge in [0.2, 0.25) is 0 Å². The molecule has 4 aromatic rings. The molecule has 0 amide bonds. The zero-order valence-electron chi connectivity index (χ0n) is 17.8. The predicted molar refractivity (Wildman–Crippen MR) is 131 cm³/mol. The standard InChI is InChI=1S/C25H22BrN3O4/c1-33-22(30)12-15-10-19(24(31)20(26)11-15)23-18(9-14-5-3-2-4-6-14)17-13-16(25(27)29-32)7-8-21(17)28-23/h2-8,10-11,13,28,31-32H,9,12H2,1H3,(H2,27,29). The summed E-state index contributed by atoms with van der Waals surface area (Å²) in [5.74, 6) is -0.305. The zero-order chi connectivity index (χ0) is 23.5. The molecule has 5 N–H and O–H groups in total. The van der Waals surface area contributed by atoms with Gasteiger partial charge in [-0.3, -0.25) is 4.79 Å². The van der Waals surface area contributed by atoms with Crippen LogP contribution in [0.4, 0.5) is 0 Å². The van der Waals surface area contributed by atoms with Crippen molar-refractivity contribution in [2.45, 2.75) is 12.8 Å². The number of carbonyl (C=O) groups is 1. The molecule has 0 spiro atoms. The van der Waals surface area contributed by atoms with Gasteiger partial charge in [0, 0.05) is 28.5 Å². The number of nitrogens with zero attached hydrogens (tertiary/aromatic N) is 1. The molecule has 0 aliphatic rings. The summed E-state index contributed by atoms with van der Waals surface area (Å²) in [5, 5.41) is 24.0. The lowest BCUT2D eigenvalue weighted by Gasteiger charge is -2.12. The van der Waals surface area contributed by atoms with Crippen LogP contribution in [0.25, 0.3) is 22.2 Å². The molecule has 3 aromatic carbocycles. The van der Waals surface area contributed by atoms with Gasteiger partial charge < -0.3 is 25.8 Å². The monoisotopic (exact) mass is 507 g/mol. The van der Waals surface area contributed by atoms with Crippen molar-refractivity contribution in [2.24, 2.45) is 10.9 Å². The van der Waals surface area contributed by atoms with Crippen LogP contribution in [0.15, 0.2) is 70.3 Å². The molecule has 0 saturated carbocycles. The number of ether oxygens (including phenoxy) is 1. The van der Waals surface area contributed by atoms with Gasteiger partial charge in [-0.1, -0.05) is 35.5 Å². The van der Waals surface area contributed by atoms with E-state index in [0.29, 0.717) is 27.6 Å². The van der Waals surface area contributed by atoms with Crippen molar-refractivity contribution >= 4 is 38.6 Å². The van der Waals surface area contributed by atoms with E-state index in [-0.39, 0.29) is 24.0 Å². The van der Waals surface area contributed by atoms with E-state index in [4.69, 9.17) is 15.7 Å². The van der Waals surface area contributed by atoms with Crippen LogP contribution in [-0.2, 0) is 22.4 Å². The molecule has 0 radical (unpaired) electrons. The minimum absolute atomic E-state index is 0.0102. The number of hydrogen-bond acceptors (Lipinski definition) is 5. The Labute approximate surface area is 198 Å². The first-order valence-electron chi connectivity index (χ1n) is 10.2. The number of esters is 1. The fourth-order valence-corrected chi connectivity index (χ4v) is 4.37. The van der Waals surface area contributed by atoms with Crippen LogP contribution in [-0.4, -0.2) is 34.2 Å². The summed E-state index contributed by atoms with van der Waals surface area (Å²) in [4.78, 5) is 15.3. The molecular formula is C25H22BrN3O4. The summed E-state index contributed by atoms with van der Waals surface area (Å²) >= 11 is 3.41. The zero-order valence-corrected chi connectivity index (χ0v) is 19.4. The number of aromatic amines is 1. The van der Waals surface area contributed by atoms with Crippen LogP contribution in [0.3, 0.4) is 0 Å². The van der Waals surface area contributed by atoms with Gasteiger partial charge in [0.1, 0.15) is 5.75 Å². The minimum Gasteiger partial charge on any atom is -0.506 e. The third-order valence-corrected chi connectivity index (χ3v) is 6.11. The molecule has 1 heterocycles. The second-order valence-corrected chi connectivity index (χ2v) is 8.47. The smallest absolute Gasteiger partial charge is 0.309 e. The molecule has 7 nitrogen and oxygen atoms in total. The number of aromatic nitrogens is 1. The molecule has 0 fully saturated rings. The van der Waals surface area contributed by atoms with Crippen LogP contribution in [0.2, 0.25) is 0 Å². The average Bonchev–Trinajstić information content (AvgIpc) is 3.18.